The summed E-state index contributed by atoms with van der Waals surface area (Å²) in [5, 5.41) is 3.65. The number of piperidine rings is 1. The molecular weight excluding hydrogens is 262 g/mol. The lowest BCUT2D eigenvalue weighted by molar-refractivity contribution is 0.0665. The molecule has 1 N–H and O–H groups in total. The Kier molecular flexibility index (Phi) is 3.29. The van der Waals surface area contributed by atoms with Crippen LogP contribution >= 0.6 is 0 Å². The highest BCUT2D eigenvalue weighted by Crippen LogP contribution is 2.34. The van der Waals surface area contributed by atoms with Crippen molar-refractivity contribution < 1.29 is 4.79 Å². The molecule has 114 valence electrons. The maximum Gasteiger partial charge on any atom is 0.270 e. The lowest BCUT2D eigenvalue weighted by atomic mass is 9.92. The van der Waals surface area contributed by atoms with Crippen LogP contribution in [-0.2, 0) is 0 Å². The summed E-state index contributed by atoms with van der Waals surface area (Å²) < 4.78 is 2.21. The molecule has 1 saturated carbocycles. The molecule has 4 nitrogen and oxygen atoms in total. The molecule has 2 atom stereocenters. The molecule has 2 saturated heterocycles. The Hall–Kier alpha value is -1.29. The van der Waals surface area contributed by atoms with E-state index in [1.165, 1.54) is 32.1 Å². The molecule has 0 spiro atoms. The number of nitrogens with one attached hydrogen (secondary N) is 1. The Balaban J connectivity index is 1.50. The zero-order valence-corrected chi connectivity index (χ0v) is 12.8. The fraction of sp³-hybridized carbons (Fsp3) is 0.706. The van der Waals surface area contributed by atoms with E-state index in [2.05, 4.69) is 16.1 Å². The van der Waals surface area contributed by atoms with Crippen molar-refractivity contribution in [3.63, 3.8) is 0 Å². The van der Waals surface area contributed by atoms with Gasteiger partial charge in [-0.05, 0) is 57.1 Å². The predicted octanol–water partition coefficient (Wildman–Crippen LogP) is 2.57. The highest BCUT2D eigenvalue weighted by molar-refractivity contribution is 5.93. The van der Waals surface area contributed by atoms with E-state index < -0.39 is 0 Å². The number of rotatable bonds is 3. The third-order valence-corrected chi connectivity index (χ3v) is 5.78. The maximum absolute atomic E-state index is 12.9. The van der Waals surface area contributed by atoms with Gasteiger partial charge >= 0.3 is 0 Å². The average Bonchev–Trinajstić information content (AvgIpc) is 3.02. The van der Waals surface area contributed by atoms with Crippen molar-refractivity contribution in [2.75, 3.05) is 7.05 Å². The molecule has 3 fully saturated rings. The molecule has 21 heavy (non-hydrogen) atoms. The molecule has 3 heterocycles. The summed E-state index contributed by atoms with van der Waals surface area (Å²) in [4.78, 5) is 14.9. The van der Waals surface area contributed by atoms with E-state index in [0.717, 1.165) is 18.5 Å². The van der Waals surface area contributed by atoms with Crippen molar-refractivity contribution in [3.8, 4) is 0 Å². The second-order valence-corrected chi connectivity index (χ2v) is 7.06. The quantitative estimate of drug-likeness (QED) is 0.927. The predicted molar refractivity (Wildman–Crippen MR) is 82.4 cm³/mol. The Morgan fingerprint density at radius 2 is 1.95 bits per heavy atom. The Bertz CT molecular complexity index is 522. The van der Waals surface area contributed by atoms with Crippen LogP contribution in [-0.4, -0.2) is 40.5 Å². The average molecular weight is 287 g/mol. The molecular formula is C17H25N3O. The molecule has 0 radical (unpaired) electrons. The lowest BCUT2D eigenvalue weighted by Gasteiger charge is -2.36. The molecule has 1 aromatic heterocycles. The van der Waals surface area contributed by atoms with Gasteiger partial charge in [0.1, 0.15) is 5.69 Å². The van der Waals surface area contributed by atoms with E-state index in [-0.39, 0.29) is 5.91 Å². The van der Waals surface area contributed by atoms with Gasteiger partial charge in [0.25, 0.3) is 5.91 Å². The van der Waals surface area contributed by atoms with E-state index in [9.17, 15) is 4.79 Å². The summed E-state index contributed by atoms with van der Waals surface area (Å²) in [6, 6.07) is 6.22. The zero-order valence-electron chi connectivity index (χ0n) is 12.8. The summed E-state index contributed by atoms with van der Waals surface area (Å²) in [5.41, 5.74) is 0.882. The molecule has 1 amide bonds. The van der Waals surface area contributed by atoms with Crippen LogP contribution in [0.2, 0.25) is 0 Å². The normalized spacial score (nSPS) is 32.0. The molecule has 4 rings (SSSR count). The topological polar surface area (TPSA) is 37.3 Å². The van der Waals surface area contributed by atoms with Gasteiger partial charge in [-0.1, -0.05) is 0 Å². The molecule has 4 heteroatoms. The maximum atomic E-state index is 12.9. The van der Waals surface area contributed by atoms with Gasteiger partial charge in [-0.25, -0.2) is 0 Å². The highest BCUT2D eigenvalue weighted by atomic mass is 16.2. The van der Waals surface area contributed by atoms with Crippen molar-refractivity contribution in [1.82, 2.24) is 14.8 Å². The number of amides is 1. The zero-order chi connectivity index (χ0) is 14.4. The van der Waals surface area contributed by atoms with Gasteiger partial charge in [0.2, 0.25) is 0 Å². The largest absolute Gasteiger partial charge is 0.340 e. The van der Waals surface area contributed by atoms with Crippen LogP contribution in [0.15, 0.2) is 18.3 Å². The van der Waals surface area contributed by atoms with Crippen LogP contribution in [0.5, 0.6) is 0 Å². The highest BCUT2D eigenvalue weighted by Gasteiger charge is 2.37. The monoisotopic (exact) mass is 287 g/mol. The Morgan fingerprint density at radius 3 is 2.57 bits per heavy atom. The summed E-state index contributed by atoms with van der Waals surface area (Å²) in [6.07, 6.45) is 10.6. The number of nitrogens with zero attached hydrogens (tertiary/aromatic N) is 2. The van der Waals surface area contributed by atoms with Crippen molar-refractivity contribution in [2.45, 2.75) is 69.1 Å². The van der Waals surface area contributed by atoms with E-state index in [1.807, 2.05) is 24.1 Å². The van der Waals surface area contributed by atoms with Gasteiger partial charge in [-0.15, -0.1) is 0 Å². The molecule has 3 aliphatic rings. The number of hydrogen-bond acceptors (Lipinski definition) is 2. The fourth-order valence-electron chi connectivity index (χ4n) is 4.25. The smallest absolute Gasteiger partial charge is 0.270 e. The molecule has 2 aliphatic heterocycles. The number of aromatic nitrogens is 1. The Labute approximate surface area is 126 Å². The van der Waals surface area contributed by atoms with Crippen molar-refractivity contribution in [1.29, 1.82) is 0 Å². The first-order chi connectivity index (χ1) is 10.2. The van der Waals surface area contributed by atoms with Crippen LogP contribution < -0.4 is 5.32 Å². The summed E-state index contributed by atoms with van der Waals surface area (Å²) in [5.74, 6) is 0.207. The molecule has 2 unspecified atom stereocenters. The number of carbonyl (C=O) groups excluding carboxylic acids is 1. The summed E-state index contributed by atoms with van der Waals surface area (Å²) in [6.45, 7) is 0. The number of carbonyl (C=O) groups is 1. The fourth-order valence-corrected chi connectivity index (χ4v) is 4.25. The number of hydrogen-bond donors (Lipinski definition) is 1. The minimum atomic E-state index is 0.207. The SMILES string of the molecule is CN(C(=O)c1cccn1C1CCC1)C1CC2CCC(C1)N2. The van der Waals surface area contributed by atoms with Crippen LogP contribution in [0.25, 0.3) is 0 Å². The van der Waals surface area contributed by atoms with Crippen LogP contribution in [0.4, 0.5) is 0 Å². The minimum Gasteiger partial charge on any atom is -0.340 e. The van der Waals surface area contributed by atoms with Gasteiger partial charge < -0.3 is 14.8 Å². The van der Waals surface area contributed by atoms with Crippen molar-refractivity contribution in [2.24, 2.45) is 0 Å². The second kappa shape index (κ2) is 5.16. The third-order valence-electron chi connectivity index (χ3n) is 5.78. The van der Waals surface area contributed by atoms with Crippen LogP contribution in [0.1, 0.15) is 61.5 Å². The van der Waals surface area contributed by atoms with E-state index >= 15 is 0 Å². The molecule has 1 aliphatic carbocycles. The van der Waals surface area contributed by atoms with Gasteiger partial charge in [-0.3, -0.25) is 4.79 Å². The lowest BCUT2D eigenvalue weighted by Crippen LogP contribution is -2.49. The van der Waals surface area contributed by atoms with E-state index in [4.69, 9.17) is 0 Å². The minimum absolute atomic E-state index is 0.207. The van der Waals surface area contributed by atoms with Gasteiger partial charge in [-0.2, -0.15) is 0 Å². The van der Waals surface area contributed by atoms with Crippen molar-refractivity contribution in [3.05, 3.63) is 24.0 Å². The van der Waals surface area contributed by atoms with Crippen molar-refractivity contribution >= 4 is 5.91 Å². The van der Waals surface area contributed by atoms with Crippen LogP contribution in [0.3, 0.4) is 0 Å². The van der Waals surface area contributed by atoms with Gasteiger partial charge in [0.15, 0.2) is 0 Å². The van der Waals surface area contributed by atoms with E-state index in [1.54, 1.807) is 0 Å². The molecule has 2 bridgehead atoms. The first-order valence-electron chi connectivity index (χ1n) is 8.42. The first kappa shape index (κ1) is 13.4. The Morgan fingerprint density at radius 1 is 1.24 bits per heavy atom. The summed E-state index contributed by atoms with van der Waals surface area (Å²) >= 11 is 0. The molecule has 1 aromatic rings. The number of fused-ring (bicyclic) bond motifs is 2. The summed E-state index contributed by atoms with van der Waals surface area (Å²) in [7, 11) is 2.00. The van der Waals surface area contributed by atoms with Crippen LogP contribution in [0, 0.1) is 0 Å². The van der Waals surface area contributed by atoms with Gasteiger partial charge in [0, 0.05) is 37.4 Å². The van der Waals surface area contributed by atoms with Gasteiger partial charge in [0.05, 0.1) is 0 Å². The molecule has 0 aromatic carbocycles. The standard InChI is InChI=1S/C17H25N3O/c1-19(15-10-12-7-8-13(11-15)18-12)17(21)16-6-3-9-20(16)14-4-2-5-14/h3,6,9,12-15,18H,2,4-5,7-8,10-11H2,1H3. The third kappa shape index (κ3) is 2.30. The second-order valence-electron chi connectivity index (χ2n) is 7.06. The van der Waals surface area contributed by atoms with E-state index in [0.29, 0.717) is 24.2 Å². The first-order valence-corrected chi connectivity index (χ1v) is 8.42.